The SMILES string of the molecule is CCC(Sc1cccc(NC(=O)/C(=C/c2cccc(OC)c2)NC(=O)c2ccccc2)c1)C(=O)Nc1nc2ccccc2s1. The van der Waals surface area contributed by atoms with Crippen molar-refractivity contribution in [1.82, 2.24) is 10.3 Å². The molecule has 0 fully saturated rings. The normalized spacial score (nSPS) is 11.9. The van der Waals surface area contributed by atoms with Crippen LogP contribution in [-0.4, -0.2) is 35.1 Å². The molecule has 0 aliphatic rings. The van der Waals surface area contributed by atoms with Gasteiger partial charge in [0, 0.05) is 16.1 Å². The van der Waals surface area contributed by atoms with E-state index in [2.05, 4.69) is 20.9 Å². The van der Waals surface area contributed by atoms with Crippen molar-refractivity contribution in [2.45, 2.75) is 23.5 Å². The van der Waals surface area contributed by atoms with E-state index in [9.17, 15) is 14.4 Å². The van der Waals surface area contributed by atoms with Crippen LogP contribution in [0.4, 0.5) is 10.8 Å². The molecule has 0 saturated carbocycles. The van der Waals surface area contributed by atoms with Gasteiger partial charge in [0.1, 0.15) is 11.4 Å². The quantitative estimate of drug-likeness (QED) is 0.106. The maximum Gasteiger partial charge on any atom is 0.272 e. The minimum absolute atomic E-state index is 0.0619. The van der Waals surface area contributed by atoms with Crippen molar-refractivity contribution in [3.05, 3.63) is 120 Å². The van der Waals surface area contributed by atoms with Crippen molar-refractivity contribution >= 4 is 67.9 Å². The summed E-state index contributed by atoms with van der Waals surface area (Å²) < 4.78 is 6.32. The molecule has 222 valence electrons. The van der Waals surface area contributed by atoms with Crippen molar-refractivity contribution < 1.29 is 19.1 Å². The number of fused-ring (bicyclic) bond motifs is 1. The lowest BCUT2D eigenvalue weighted by Gasteiger charge is -2.15. The average molecular weight is 623 g/mol. The number of carbonyl (C=O) groups is 3. The number of hydrogen-bond acceptors (Lipinski definition) is 7. The molecule has 1 atom stereocenters. The van der Waals surface area contributed by atoms with Gasteiger partial charge in [-0.3, -0.25) is 14.4 Å². The Morgan fingerprint density at radius 2 is 1.68 bits per heavy atom. The molecule has 0 saturated heterocycles. The fraction of sp³-hybridized carbons (Fsp3) is 0.118. The van der Waals surface area contributed by atoms with E-state index in [0.717, 1.165) is 15.1 Å². The largest absolute Gasteiger partial charge is 0.497 e. The van der Waals surface area contributed by atoms with E-state index in [1.807, 2.05) is 55.5 Å². The van der Waals surface area contributed by atoms with Crippen LogP contribution in [0.2, 0.25) is 0 Å². The van der Waals surface area contributed by atoms with Gasteiger partial charge >= 0.3 is 0 Å². The van der Waals surface area contributed by atoms with Crippen LogP contribution < -0.4 is 20.7 Å². The van der Waals surface area contributed by atoms with Crippen molar-refractivity contribution in [2.24, 2.45) is 0 Å². The van der Waals surface area contributed by atoms with Gasteiger partial charge in [0.05, 0.1) is 22.6 Å². The molecule has 1 aromatic heterocycles. The Kier molecular flexibility index (Phi) is 10.1. The fourth-order valence-corrected chi connectivity index (χ4v) is 6.17. The summed E-state index contributed by atoms with van der Waals surface area (Å²) in [5.41, 5.74) is 2.53. The van der Waals surface area contributed by atoms with Crippen molar-refractivity contribution in [2.75, 3.05) is 17.7 Å². The van der Waals surface area contributed by atoms with Crippen LogP contribution in [0.3, 0.4) is 0 Å². The number of amides is 3. The van der Waals surface area contributed by atoms with Crippen molar-refractivity contribution in [3.8, 4) is 5.75 Å². The molecule has 5 aromatic rings. The number of aromatic nitrogens is 1. The van der Waals surface area contributed by atoms with Gasteiger partial charge in [0.15, 0.2) is 5.13 Å². The Morgan fingerprint density at radius 1 is 0.909 bits per heavy atom. The maximum atomic E-state index is 13.5. The predicted octanol–water partition coefficient (Wildman–Crippen LogP) is 7.22. The van der Waals surface area contributed by atoms with Crippen LogP contribution in [-0.2, 0) is 9.59 Å². The third kappa shape index (κ3) is 7.91. The second-order valence-corrected chi connectivity index (χ2v) is 11.9. The highest BCUT2D eigenvalue weighted by atomic mass is 32.2. The van der Waals surface area contributed by atoms with E-state index in [1.165, 1.54) is 23.1 Å². The van der Waals surface area contributed by atoms with E-state index < -0.39 is 11.8 Å². The van der Waals surface area contributed by atoms with Gasteiger partial charge in [-0.25, -0.2) is 4.98 Å². The molecular formula is C34H30N4O4S2. The van der Waals surface area contributed by atoms with Crippen LogP contribution in [0.25, 0.3) is 16.3 Å². The van der Waals surface area contributed by atoms with Crippen LogP contribution in [0.5, 0.6) is 5.75 Å². The third-order valence-electron chi connectivity index (χ3n) is 6.49. The zero-order valence-corrected chi connectivity index (χ0v) is 25.7. The molecule has 0 aliphatic heterocycles. The number of carbonyl (C=O) groups excluding carboxylic acids is 3. The summed E-state index contributed by atoms with van der Waals surface area (Å²) in [5, 5.41) is 8.77. The highest BCUT2D eigenvalue weighted by molar-refractivity contribution is 8.00. The smallest absolute Gasteiger partial charge is 0.272 e. The number of rotatable bonds is 11. The first-order valence-electron chi connectivity index (χ1n) is 13.9. The first-order valence-corrected chi connectivity index (χ1v) is 15.6. The van der Waals surface area contributed by atoms with Gasteiger partial charge in [0.2, 0.25) is 5.91 Å². The molecule has 44 heavy (non-hydrogen) atoms. The number of para-hydroxylation sites is 1. The zero-order chi connectivity index (χ0) is 30.9. The number of thioether (sulfide) groups is 1. The van der Waals surface area contributed by atoms with Crippen molar-refractivity contribution in [3.63, 3.8) is 0 Å². The monoisotopic (exact) mass is 622 g/mol. The molecule has 1 heterocycles. The number of anilines is 2. The molecule has 10 heteroatoms. The highest BCUT2D eigenvalue weighted by Gasteiger charge is 2.20. The van der Waals surface area contributed by atoms with Crippen LogP contribution in [0.1, 0.15) is 29.3 Å². The zero-order valence-electron chi connectivity index (χ0n) is 24.1. The molecule has 3 amide bonds. The second-order valence-electron chi connectivity index (χ2n) is 9.63. The number of ether oxygens (including phenoxy) is 1. The summed E-state index contributed by atoms with van der Waals surface area (Å²) in [6, 6.07) is 30.9. The lowest BCUT2D eigenvalue weighted by Crippen LogP contribution is -2.30. The van der Waals surface area contributed by atoms with Crippen LogP contribution in [0, 0.1) is 0 Å². The lowest BCUT2D eigenvalue weighted by molar-refractivity contribution is -0.116. The molecule has 0 bridgehead atoms. The van der Waals surface area contributed by atoms with Crippen LogP contribution in [0.15, 0.2) is 114 Å². The number of nitrogens with one attached hydrogen (secondary N) is 3. The third-order valence-corrected chi connectivity index (χ3v) is 8.80. The molecule has 0 aliphatic carbocycles. The standard InChI is InChI=1S/C34H30N4O4S2/c1-3-29(33(41)38-34-37-27-17-7-8-18-30(27)44-34)43-26-16-10-14-24(21-26)35-32(40)28(20-22-11-9-15-25(19-22)42-2)36-31(39)23-12-5-4-6-13-23/h4-21,29H,3H2,1-2H3,(H,35,40)(H,36,39)(H,37,38,41)/b28-20-. The molecule has 0 radical (unpaired) electrons. The fourth-order valence-electron chi connectivity index (χ4n) is 4.28. The van der Waals surface area contributed by atoms with E-state index in [4.69, 9.17) is 4.74 Å². The molecular weight excluding hydrogens is 593 g/mol. The van der Waals surface area contributed by atoms with Crippen molar-refractivity contribution in [1.29, 1.82) is 0 Å². The average Bonchev–Trinajstić information content (AvgIpc) is 3.46. The topological polar surface area (TPSA) is 109 Å². The Labute approximate surface area is 263 Å². The summed E-state index contributed by atoms with van der Waals surface area (Å²) in [6.45, 7) is 1.95. The summed E-state index contributed by atoms with van der Waals surface area (Å²) in [7, 11) is 1.56. The number of methoxy groups -OCH3 is 1. The van der Waals surface area contributed by atoms with E-state index in [1.54, 1.807) is 67.8 Å². The Morgan fingerprint density at radius 3 is 2.45 bits per heavy atom. The minimum atomic E-state index is -0.500. The van der Waals surface area contributed by atoms with Gasteiger partial charge in [-0.05, 0) is 72.7 Å². The van der Waals surface area contributed by atoms with E-state index in [-0.39, 0.29) is 16.9 Å². The minimum Gasteiger partial charge on any atom is -0.497 e. The number of nitrogens with zero attached hydrogens (tertiary/aromatic N) is 1. The number of hydrogen-bond donors (Lipinski definition) is 3. The summed E-state index contributed by atoms with van der Waals surface area (Å²) in [6.07, 6.45) is 2.19. The maximum absolute atomic E-state index is 13.5. The predicted molar refractivity (Wildman–Crippen MR) is 178 cm³/mol. The van der Waals surface area contributed by atoms with Crippen LogP contribution >= 0.6 is 23.1 Å². The Hall–Kier alpha value is -4.93. The lowest BCUT2D eigenvalue weighted by atomic mass is 10.1. The second kappa shape index (κ2) is 14.5. The first kappa shape index (κ1) is 30.5. The van der Waals surface area contributed by atoms with E-state index >= 15 is 0 Å². The first-order chi connectivity index (χ1) is 21.4. The molecule has 0 spiro atoms. The summed E-state index contributed by atoms with van der Waals surface area (Å²) in [5.74, 6) is -0.433. The number of thiazole rings is 1. The molecule has 3 N–H and O–H groups in total. The highest BCUT2D eigenvalue weighted by Crippen LogP contribution is 2.30. The molecule has 5 rings (SSSR count). The summed E-state index contributed by atoms with van der Waals surface area (Å²) >= 11 is 2.84. The molecule has 1 unspecified atom stereocenters. The Bertz CT molecular complexity index is 1790. The van der Waals surface area contributed by atoms with Gasteiger partial charge in [-0.15, -0.1) is 11.8 Å². The van der Waals surface area contributed by atoms with Gasteiger partial charge < -0.3 is 20.7 Å². The Balaban J connectivity index is 1.31. The molecule has 4 aromatic carbocycles. The number of benzene rings is 4. The van der Waals surface area contributed by atoms with Gasteiger partial charge in [-0.1, -0.05) is 66.8 Å². The summed E-state index contributed by atoms with van der Waals surface area (Å²) in [4.78, 5) is 44.9. The van der Waals surface area contributed by atoms with E-state index in [0.29, 0.717) is 34.1 Å². The molecule has 8 nitrogen and oxygen atoms in total. The van der Waals surface area contributed by atoms with Gasteiger partial charge in [0.25, 0.3) is 11.8 Å². The van der Waals surface area contributed by atoms with Gasteiger partial charge in [-0.2, -0.15) is 0 Å².